The number of likely N-dealkylation sites (tertiary alicyclic amines) is 1. The van der Waals surface area contributed by atoms with E-state index < -0.39 is 0 Å². The normalized spacial score (nSPS) is 17.0. The van der Waals surface area contributed by atoms with E-state index in [0.717, 1.165) is 32.5 Å². The molecule has 1 aliphatic heterocycles. The summed E-state index contributed by atoms with van der Waals surface area (Å²) in [7, 11) is 0. The van der Waals surface area contributed by atoms with Crippen LogP contribution in [0.5, 0.6) is 0 Å². The van der Waals surface area contributed by atoms with Gasteiger partial charge in [0.15, 0.2) is 0 Å². The minimum atomic E-state index is 0.254. The fourth-order valence-corrected chi connectivity index (χ4v) is 2.73. The number of benzene rings is 1. The molecule has 1 aromatic heterocycles. The predicted molar refractivity (Wildman–Crippen MR) is 82.2 cm³/mol. The van der Waals surface area contributed by atoms with Crippen molar-refractivity contribution in [2.75, 3.05) is 18.4 Å². The van der Waals surface area contributed by atoms with Crippen LogP contribution in [-0.2, 0) is 12.4 Å². The molecule has 1 aromatic carbocycles. The maximum Gasteiger partial charge on any atom is 0.315 e. The summed E-state index contributed by atoms with van der Waals surface area (Å²) < 4.78 is 5.38. The number of nitrogens with zero attached hydrogens (tertiary/aromatic N) is 3. The SMILES string of the molecule is ClCc1nnc(NC2CCN(Cc3ccccc3)CC2)o1. The van der Waals surface area contributed by atoms with Gasteiger partial charge in [0.05, 0.1) is 0 Å². The van der Waals surface area contributed by atoms with Crippen LogP contribution in [0.3, 0.4) is 0 Å². The van der Waals surface area contributed by atoms with E-state index in [9.17, 15) is 0 Å². The number of alkyl halides is 1. The minimum absolute atomic E-state index is 0.254. The quantitative estimate of drug-likeness (QED) is 0.861. The molecule has 0 bridgehead atoms. The van der Waals surface area contributed by atoms with E-state index >= 15 is 0 Å². The Balaban J connectivity index is 1.46. The Morgan fingerprint density at radius 2 is 1.95 bits per heavy atom. The van der Waals surface area contributed by atoms with E-state index in [4.69, 9.17) is 16.0 Å². The Morgan fingerprint density at radius 1 is 1.19 bits per heavy atom. The fourth-order valence-electron chi connectivity index (χ4n) is 2.62. The van der Waals surface area contributed by atoms with Crippen molar-refractivity contribution in [2.24, 2.45) is 0 Å². The molecule has 0 saturated carbocycles. The van der Waals surface area contributed by atoms with Crippen molar-refractivity contribution in [2.45, 2.75) is 31.3 Å². The lowest BCUT2D eigenvalue weighted by Crippen LogP contribution is -2.38. The third-order valence-corrected chi connectivity index (χ3v) is 3.97. The van der Waals surface area contributed by atoms with E-state index in [1.807, 2.05) is 0 Å². The van der Waals surface area contributed by atoms with Crippen molar-refractivity contribution >= 4 is 17.6 Å². The smallest absolute Gasteiger partial charge is 0.315 e. The molecule has 0 aliphatic carbocycles. The van der Waals surface area contributed by atoms with Gasteiger partial charge in [0, 0.05) is 25.7 Å². The highest BCUT2D eigenvalue weighted by Gasteiger charge is 2.20. The maximum absolute atomic E-state index is 5.65. The molecule has 1 saturated heterocycles. The topological polar surface area (TPSA) is 54.2 Å². The predicted octanol–water partition coefficient (Wildman–Crippen LogP) is 2.88. The van der Waals surface area contributed by atoms with Gasteiger partial charge in [0.2, 0.25) is 5.89 Å². The zero-order valence-corrected chi connectivity index (χ0v) is 12.6. The Labute approximate surface area is 129 Å². The number of anilines is 1. The van der Waals surface area contributed by atoms with Crippen LogP contribution >= 0.6 is 11.6 Å². The van der Waals surface area contributed by atoms with Crippen molar-refractivity contribution in [3.63, 3.8) is 0 Å². The fraction of sp³-hybridized carbons (Fsp3) is 0.467. The second-order valence-corrected chi connectivity index (χ2v) is 5.58. The van der Waals surface area contributed by atoms with E-state index in [1.165, 1.54) is 5.56 Å². The number of nitrogens with one attached hydrogen (secondary N) is 1. The van der Waals surface area contributed by atoms with Gasteiger partial charge in [-0.25, -0.2) is 0 Å². The minimum Gasteiger partial charge on any atom is -0.407 e. The van der Waals surface area contributed by atoms with Crippen LogP contribution in [0.15, 0.2) is 34.7 Å². The summed E-state index contributed by atoms with van der Waals surface area (Å²) in [5, 5.41) is 11.1. The number of hydrogen-bond donors (Lipinski definition) is 1. The molecule has 1 aliphatic rings. The van der Waals surface area contributed by atoms with Crippen LogP contribution in [0.25, 0.3) is 0 Å². The maximum atomic E-state index is 5.65. The van der Waals surface area contributed by atoms with Gasteiger partial charge >= 0.3 is 6.01 Å². The summed E-state index contributed by atoms with van der Waals surface area (Å²) in [5.41, 5.74) is 1.37. The van der Waals surface area contributed by atoms with Gasteiger partial charge in [-0.15, -0.1) is 16.7 Å². The van der Waals surface area contributed by atoms with Crippen molar-refractivity contribution < 1.29 is 4.42 Å². The van der Waals surface area contributed by atoms with Crippen LogP contribution in [0.1, 0.15) is 24.3 Å². The molecule has 0 atom stereocenters. The van der Waals surface area contributed by atoms with Crippen LogP contribution in [0.4, 0.5) is 6.01 Å². The van der Waals surface area contributed by atoms with Gasteiger partial charge < -0.3 is 9.73 Å². The van der Waals surface area contributed by atoms with Crippen molar-refractivity contribution in [3.8, 4) is 0 Å². The first-order valence-electron chi connectivity index (χ1n) is 7.24. The summed E-state index contributed by atoms with van der Waals surface area (Å²) in [5.74, 6) is 0.713. The lowest BCUT2D eigenvalue weighted by atomic mass is 10.0. The molecule has 1 N–H and O–H groups in total. The molecule has 5 nitrogen and oxygen atoms in total. The molecule has 21 heavy (non-hydrogen) atoms. The van der Waals surface area contributed by atoms with E-state index in [-0.39, 0.29) is 5.88 Å². The molecule has 2 heterocycles. The molecular formula is C15H19ClN4O. The highest BCUT2D eigenvalue weighted by molar-refractivity contribution is 6.16. The van der Waals surface area contributed by atoms with Crippen LogP contribution in [0, 0.1) is 0 Å². The summed E-state index contributed by atoms with van der Waals surface area (Å²) in [6.07, 6.45) is 2.15. The molecular weight excluding hydrogens is 288 g/mol. The lowest BCUT2D eigenvalue weighted by Gasteiger charge is -2.31. The zero-order chi connectivity index (χ0) is 14.5. The molecule has 0 radical (unpaired) electrons. The third-order valence-electron chi connectivity index (χ3n) is 3.75. The Bertz CT molecular complexity index is 552. The van der Waals surface area contributed by atoms with Crippen LogP contribution in [0.2, 0.25) is 0 Å². The van der Waals surface area contributed by atoms with E-state index in [0.29, 0.717) is 17.9 Å². The zero-order valence-electron chi connectivity index (χ0n) is 11.8. The van der Waals surface area contributed by atoms with Gasteiger partial charge in [-0.2, -0.15) is 0 Å². The third kappa shape index (κ3) is 3.95. The average molecular weight is 307 g/mol. The van der Waals surface area contributed by atoms with Crippen molar-refractivity contribution in [3.05, 3.63) is 41.8 Å². The molecule has 3 rings (SSSR count). The monoisotopic (exact) mass is 306 g/mol. The first kappa shape index (κ1) is 14.4. The molecule has 0 spiro atoms. The van der Waals surface area contributed by atoms with Gasteiger partial charge in [0.1, 0.15) is 5.88 Å². The van der Waals surface area contributed by atoms with Gasteiger partial charge in [0.25, 0.3) is 0 Å². The van der Waals surface area contributed by atoms with Crippen molar-refractivity contribution in [1.29, 1.82) is 0 Å². The standard InChI is InChI=1S/C15H19ClN4O/c16-10-14-18-19-15(21-14)17-13-6-8-20(9-7-13)11-12-4-2-1-3-5-12/h1-5,13H,6-11H2,(H,17,19). The highest BCUT2D eigenvalue weighted by Crippen LogP contribution is 2.18. The van der Waals surface area contributed by atoms with E-state index in [1.54, 1.807) is 0 Å². The second kappa shape index (κ2) is 6.91. The summed E-state index contributed by atoms with van der Waals surface area (Å²) in [6.45, 7) is 3.16. The molecule has 0 amide bonds. The first-order valence-corrected chi connectivity index (χ1v) is 7.78. The van der Waals surface area contributed by atoms with Gasteiger partial charge in [-0.05, 0) is 18.4 Å². The van der Waals surface area contributed by atoms with Crippen LogP contribution in [-0.4, -0.2) is 34.2 Å². The van der Waals surface area contributed by atoms with Crippen molar-refractivity contribution in [1.82, 2.24) is 15.1 Å². The van der Waals surface area contributed by atoms with E-state index in [2.05, 4.69) is 50.7 Å². The number of rotatable bonds is 5. The lowest BCUT2D eigenvalue weighted by molar-refractivity contribution is 0.210. The Kier molecular flexibility index (Phi) is 4.72. The highest BCUT2D eigenvalue weighted by atomic mass is 35.5. The molecule has 2 aromatic rings. The molecule has 1 fully saturated rings. The molecule has 6 heteroatoms. The summed E-state index contributed by atoms with van der Waals surface area (Å²) in [6, 6.07) is 11.5. The van der Waals surface area contributed by atoms with Gasteiger partial charge in [-0.1, -0.05) is 35.4 Å². The van der Waals surface area contributed by atoms with Crippen LogP contribution < -0.4 is 5.32 Å². The number of aromatic nitrogens is 2. The number of piperidine rings is 1. The summed E-state index contributed by atoms with van der Waals surface area (Å²) in [4.78, 5) is 2.48. The molecule has 112 valence electrons. The summed E-state index contributed by atoms with van der Waals surface area (Å²) >= 11 is 5.65. The second-order valence-electron chi connectivity index (χ2n) is 5.31. The Hall–Kier alpha value is -1.59. The molecule has 0 unspecified atom stereocenters. The average Bonchev–Trinajstić information content (AvgIpc) is 2.98. The first-order chi connectivity index (χ1) is 10.3. The van der Waals surface area contributed by atoms with Gasteiger partial charge in [-0.3, -0.25) is 4.90 Å². The number of halogens is 1. The number of hydrogen-bond acceptors (Lipinski definition) is 5. The Morgan fingerprint density at radius 3 is 2.62 bits per heavy atom. The largest absolute Gasteiger partial charge is 0.407 e.